The molecule has 4 rings (SSSR count). The average Bonchev–Trinajstić information content (AvgIpc) is 3.48. The molecule has 0 aliphatic rings. The van der Waals surface area contributed by atoms with E-state index >= 15 is 0 Å². The van der Waals surface area contributed by atoms with Gasteiger partial charge >= 0.3 is 6.18 Å². The van der Waals surface area contributed by atoms with Gasteiger partial charge in [-0.2, -0.15) is 18.3 Å². The molecule has 0 radical (unpaired) electrons. The number of halogens is 5. The highest BCUT2D eigenvalue weighted by molar-refractivity contribution is 9.10. The fourth-order valence-electron chi connectivity index (χ4n) is 3.00. The Morgan fingerprint density at radius 3 is 2.51 bits per heavy atom. The minimum absolute atomic E-state index is 0.0898. The van der Waals surface area contributed by atoms with Gasteiger partial charge in [-0.1, -0.05) is 23.4 Å². The Balaban J connectivity index is 1.63. The number of carbonyl (C=O) groups excluding carboxylic acids is 1. The summed E-state index contributed by atoms with van der Waals surface area (Å²) in [6.07, 6.45) is -4.17. The van der Waals surface area contributed by atoms with Crippen molar-refractivity contribution in [3.63, 3.8) is 0 Å². The van der Waals surface area contributed by atoms with Crippen molar-refractivity contribution in [2.45, 2.75) is 6.18 Å². The van der Waals surface area contributed by atoms with Crippen molar-refractivity contribution in [2.75, 3.05) is 10.6 Å². The fourth-order valence-corrected chi connectivity index (χ4v) is 3.37. The van der Waals surface area contributed by atoms with E-state index in [2.05, 4.69) is 51.8 Å². The zero-order valence-corrected chi connectivity index (χ0v) is 18.7. The lowest BCUT2D eigenvalue weighted by Crippen LogP contribution is -2.22. The molecule has 2 heterocycles. The van der Waals surface area contributed by atoms with Crippen LogP contribution < -0.4 is 10.6 Å². The highest BCUT2D eigenvalue weighted by atomic mass is 79.9. The lowest BCUT2D eigenvalue weighted by Gasteiger charge is -2.12. The van der Waals surface area contributed by atoms with E-state index in [1.807, 2.05) is 0 Å². The van der Waals surface area contributed by atoms with E-state index in [0.717, 1.165) is 12.3 Å². The lowest BCUT2D eigenvalue weighted by molar-refractivity contribution is -0.143. The Kier molecular flexibility index (Phi) is 6.50. The Morgan fingerprint density at radius 2 is 1.86 bits per heavy atom. The van der Waals surface area contributed by atoms with Crippen LogP contribution in [0.25, 0.3) is 5.69 Å². The number of rotatable bonds is 5. The van der Waals surface area contributed by atoms with Crippen molar-refractivity contribution in [1.29, 1.82) is 0 Å². The summed E-state index contributed by atoms with van der Waals surface area (Å²) in [5.41, 5.74) is -2.12. The molecule has 35 heavy (non-hydrogen) atoms. The number of hydrogen-bond acceptors (Lipinski definition) is 7. The third kappa shape index (κ3) is 4.98. The molecular weight excluding hydrogens is 542 g/mol. The van der Waals surface area contributed by atoms with Gasteiger partial charge in [-0.15, -0.1) is 0 Å². The van der Waals surface area contributed by atoms with Crippen LogP contribution in [0.5, 0.6) is 0 Å². The van der Waals surface area contributed by atoms with Gasteiger partial charge in [0.05, 0.1) is 21.9 Å². The van der Waals surface area contributed by atoms with Gasteiger partial charge in [0.1, 0.15) is 5.82 Å². The molecule has 0 fully saturated rings. The molecule has 0 saturated carbocycles. The molecule has 15 heteroatoms. The average molecular weight is 554 g/mol. The van der Waals surface area contributed by atoms with Gasteiger partial charge in [0, 0.05) is 5.69 Å². The number of aromatic nitrogens is 4. The number of anilines is 2. The quantitative estimate of drug-likeness (QED) is 0.107. The molecule has 0 saturated heterocycles. The van der Waals surface area contributed by atoms with Crippen LogP contribution >= 0.6 is 15.9 Å². The van der Waals surface area contributed by atoms with Crippen LogP contribution in [-0.2, 0) is 6.18 Å². The van der Waals surface area contributed by atoms with Crippen LogP contribution in [0.3, 0.4) is 0 Å². The minimum atomic E-state index is -4.93. The molecule has 0 atom stereocenters. The van der Waals surface area contributed by atoms with Gasteiger partial charge in [0.25, 0.3) is 5.91 Å². The first-order chi connectivity index (χ1) is 16.7. The van der Waals surface area contributed by atoms with Crippen LogP contribution in [0, 0.1) is 5.82 Å². The first-order valence-electron chi connectivity index (χ1n) is 9.48. The number of amides is 1. The summed E-state index contributed by atoms with van der Waals surface area (Å²) >= 11 is 3.00. The number of amidine groups is 1. The molecule has 2 aromatic heterocycles. The maximum Gasteiger partial charge on any atom is 0.434 e. The van der Waals surface area contributed by atoms with Crippen LogP contribution in [0.2, 0.25) is 0 Å². The summed E-state index contributed by atoms with van der Waals surface area (Å²) in [6, 6.07) is 11.2. The highest BCUT2D eigenvalue weighted by Crippen LogP contribution is 2.34. The monoisotopic (exact) mass is 553 g/mol. The summed E-state index contributed by atoms with van der Waals surface area (Å²) in [5, 5.41) is 27.8. The molecule has 3 N–H and O–H groups in total. The van der Waals surface area contributed by atoms with Crippen molar-refractivity contribution >= 4 is 39.2 Å². The Labute approximate surface area is 201 Å². The molecule has 10 nitrogen and oxygen atoms in total. The van der Waals surface area contributed by atoms with E-state index in [9.17, 15) is 27.6 Å². The topological polar surface area (TPSA) is 130 Å². The zero-order valence-electron chi connectivity index (χ0n) is 17.1. The normalized spacial score (nSPS) is 12.0. The minimum Gasteiger partial charge on any atom is -0.409 e. The van der Waals surface area contributed by atoms with Gasteiger partial charge in [-0.05, 0) is 56.6 Å². The molecule has 180 valence electrons. The van der Waals surface area contributed by atoms with Crippen molar-refractivity contribution < 1.29 is 32.2 Å². The molecule has 0 aliphatic carbocycles. The predicted octanol–water partition coefficient (Wildman–Crippen LogP) is 4.68. The van der Waals surface area contributed by atoms with Crippen molar-refractivity contribution in [2.24, 2.45) is 5.16 Å². The number of nitrogens with zero attached hydrogens (tertiary/aromatic N) is 5. The smallest absolute Gasteiger partial charge is 0.409 e. The van der Waals surface area contributed by atoms with E-state index in [0.29, 0.717) is 4.68 Å². The number of para-hydroxylation sites is 1. The second-order valence-corrected chi connectivity index (χ2v) is 7.62. The summed E-state index contributed by atoms with van der Waals surface area (Å²) in [6.45, 7) is 0. The number of nitrogens with one attached hydrogen (secondary N) is 2. The third-order valence-corrected chi connectivity index (χ3v) is 5.12. The summed E-state index contributed by atoms with van der Waals surface area (Å²) in [4.78, 5) is 12.8. The van der Waals surface area contributed by atoms with Crippen LogP contribution in [0.15, 0.2) is 69.0 Å². The molecule has 0 bridgehead atoms. The first kappa shape index (κ1) is 23.9. The maximum absolute atomic E-state index is 13.9. The van der Waals surface area contributed by atoms with E-state index in [1.54, 1.807) is 6.07 Å². The number of carbonyl (C=O) groups is 1. The van der Waals surface area contributed by atoms with Crippen molar-refractivity contribution in [1.82, 2.24) is 20.1 Å². The molecule has 2 aromatic carbocycles. The Hall–Kier alpha value is -4.27. The Morgan fingerprint density at radius 1 is 1.11 bits per heavy atom. The summed E-state index contributed by atoms with van der Waals surface area (Å²) in [5.74, 6) is -2.61. The van der Waals surface area contributed by atoms with E-state index in [-0.39, 0.29) is 21.5 Å². The molecular formula is C20H12BrF4N7O3. The molecule has 0 spiro atoms. The van der Waals surface area contributed by atoms with Gasteiger partial charge in [-0.3, -0.25) is 4.79 Å². The highest BCUT2D eigenvalue weighted by Gasteiger charge is 2.41. The van der Waals surface area contributed by atoms with Gasteiger partial charge < -0.3 is 15.8 Å². The fraction of sp³-hybridized carbons (Fsp3) is 0.0500. The van der Waals surface area contributed by atoms with Crippen LogP contribution in [0.4, 0.5) is 29.1 Å². The third-order valence-electron chi connectivity index (χ3n) is 4.51. The summed E-state index contributed by atoms with van der Waals surface area (Å²) in [7, 11) is 0. The van der Waals surface area contributed by atoms with E-state index in [1.165, 1.54) is 36.4 Å². The molecule has 0 aliphatic heterocycles. The largest absolute Gasteiger partial charge is 0.434 e. The Bertz CT molecular complexity index is 1400. The number of benzene rings is 2. The van der Waals surface area contributed by atoms with Crippen molar-refractivity contribution in [3.05, 3.63) is 82.0 Å². The van der Waals surface area contributed by atoms with Gasteiger partial charge in [0.2, 0.25) is 11.7 Å². The summed E-state index contributed by atoms with van der Waals surface area (Å²) < 4.78 is 60.3. The number of alkyl halides is 3. The molecule has 4 aromatic rings. The van der Waals surface area contributed by atoms with Gasteiger partial charge in [-0.25, -0.2) is 13.7 Å². The SMILES string of the molecule is O=C(Nc1nonc1/C(=N/O)Nc1ccc(F)c(Br)c1)c1cnn(-c2ccccc2)c1C(F)(F)F. The van der Waals surface area contributed by atoms with Crippen molar-refractivity contribution in [3.8, 4) is 5.69 Å². The lowest BCUT2D eigenvalue weighted by atomic mass is 10.2. The van der Waals surface area contributed by atoms with E-state index < -0.39 is 40.8 Å². The van der Waals surface area contributed by atoms with Gasteiger partial charge in [0.15, 0.2) is 11.4 Å². The van der Waals surface area contributed by atoms with E-state index in [4.69, 9.17) is 0 Å². The number of hydrogen-bond donors (Lipinski definition) is 3. The second-order valence-electron chi connectivity index (χ2n) is 6.77. The molecule has 1 amide bonds. The molecule has 0 unspecified atom stereocenters. The predicted molar refractivity (Wildman–Crippen MR) is 117 cm³/mol. The maximum atomic E-state index is 13.9. The van der Waals surface area contributed by atoms with Crippen LogP contribution in [0.1, 0.15) is 21.7 Å². The first-order valence-corrected chi connectivity index (χ1v) is 10.3. The van der Waals surface area contributed by atoms with Crippen LogP contribution in [-0.4, -0.2) is 37.0 Å². The zero-order chi connectivity index (χ0) is 25.2. The standard InChI is InChI=1S/C20H12BrF4N7O3/c21-13-8-10(6-7-14(13)22)27-17(29-34)15-18(31-35-30-15)28-19(33)12-9-26-32(16(12)20(23,24)25)11-4-2-1-3-5-11/h1-9,34H,(H,27,29)(H,28,31,33). The second kappa shape index (κ2) is 9.54. The number of oxime groups is 1.